The molecule has 0 heterocycles. The van der Waals surface area contributed by atoms with Crippen molar-refractivity contribution in [2.75, 3.05) is 26.6 Å². The van der Waals surface area contributed by atoms with Gasteiger partial charge in [-0.3, -0.25) is 0 Å². The number of hydrogen-bond acceptors (Lipinski definition) is 4. The Morgan fingerprint density at radius 2 is 1.87 bits per heavy atom. The molecule has 4 nitrogen and oxygen atoms in total. The molecule has 0 aliphatic heterocycles. The fourth-order valence-corrected chi connectivity index (χ4v) is 0.744. The second kappa shape index (κ2) is 9.68. The van der Waals surface area contributed by atoms with E-state index in [9.17, 15) is 4.79 Å². The minimum absolute atomic E-state index is 0.0389. The Balaban J connectivity index is 3.11. The topological polar surface area (TPSA) is 44.8 Å². The molecule has 0 aliphatic rings. The van der Waals surface area contributed by atoms with Crippen LogP contribution >= 0.6 is 0 Å². The van der Waals surface area contributed by atoms with Crippen molar-refractivity contribution < 1.29 is 19.0 Å². The van der Waals surface area contributed by atoms with E-state index >= 15 is 0 Å². The highest BCUT2D eigenvalue weighted by Crippen LogP contribution is 1.92. The molecule has 0 radical (unpaired) electrons. The van der Waals surface area contributed by atoms with Gasteiger partial charge in [-0.15, -0.1) is 0 Å². The zero-order chi connectivity index (χ0) is 11.5. The van der Waals surface area contributed by atoms with E-state index in [1.165, 1.54) is 0 Å². The summed E-state index contributed by atoms with van der Waals surface area (Å²) in [5.41, 5.74) is 0.373. The Bertz CT molecular complexity index is 189. The first-order valence-electron chi connectivity index (χ1n) is 5.16. The molecule has 0 atom stereocenters. The van der Waals surface area contributed by atoms with Crippen LogP contribution < -0.4 is 0 Å². The van der Waals surface area contributed by atoms with Gasteiger partial charge in [0.25, 0.3) is 0 Å². The van der Waals surface area contributed by atoms with Crippen molar-refractivity contribution in [1.82, 2.24) is 0 Å². The zero-order valence-electron chi connectivity index (χ0n) is 9.58. The zero-order valence-corrected chi connectivity index (χ0v) is 9.58. The van der Waals surface area contributed by atoms with E-state index in [1.807, 2.05) is 0 Å². The lowest BCUT2D eigenvalue weighted by atomic mass is 10.4. The van der Waals surface area contributed by atoms with E-state index in [2.05, 4.69) is 13.5 Å². The molecule has 0 rings (SSSR count). The summed E-state index contributed by atoms with van der Waals surface area (Å²) in [6, 6.07) is 0. The highest BCUT2D eigenvalue weighted by Gasteiger charge is 2.01. The van der Waals surface area contributed by atoms with Crippen LogP contribution in [0.25, 0.3) is 0 Å². The normalized spacial score (nSPS) is 10.0. The van der Waals surface area contributed by atoms with Gasteiger partial charge < -0.3 is 14.2 Å². The second-order valence-electron chi connectivity index (χ2n) is 3.20. The van der Waals surface area contributed by atoms with Gasteiger partial charge in [-0.25, -0.2) is 4.79 Å². The molecule has 0 saturated heterocycles. The summed E-state index contributed by atoms with van der Waals surface area (Å²) in [5, 5.41) is 0. The number of esters is 1. The van der Waals surface area contributed by atoms with E-state index in [0.29, 0.717) is 18.8 Å². The molecule has 0 aromatic rings. The van der Waals surface area contributed by atoms with Crippen molar-refractivity contribution in [3.05, 3.63) is 12.2 Å². The summed E-state index contributed by atoms with van der Waals surface area (Å²) in [5.74, 6) is -0.429. The lowest BCUT2D eigenvalue weighted by Gasteiger charge is -2.06. The van der Waals surface area contributed by atoms with Gasteiger partial charge in [0.05, 0.1) is 13.2 Å². The van der Waals surface area contributed by atoms with Crippen LogP contribution in [0, 0.1) is 0 Å². The van der Waals surface area contributed by atoms with Crippen LogP contribution in [0.15, 0.2) is 12.2 Å². The SMILES string of the molecule is C=C(C)C(=O)OCOCCOCCCC. The third-order valence-electron chi connectivity index (χ3n) is 1.64. The van der Waals surface area contributed by atoms with Crippen LogP contribution in [-0.2, 0) is 19.0 Å². The predicted octanol–water partition coefficient (Wildman–Crippen LogP) is 1.90. The van der Waals surface area contributed by atoms with E-state index in [-0.39, 0.29) is 6.79 Å². The Morgan fingerprint density at radius 3 is 2.47 bits per heavy atom. The van der Waals surface area contributed by atoms with Crippen LogP contribution in [-0.4, -0.2) is 32.6 Å². The standard InChI is InChI=1S/C11H20O4/c1-4-5-6-13-7-8-14-9-15-11(12)10(2)3/h2,4-9H2,1,3H3. The average Bonchev–Trinajstić information content (AvgIpc) is 2.21. The summed E-state index contributed by atoms with van der Waals surface area (Å²) in [4.78, 5) is 10.9. The number of ether oxygens (including phenoxy) is 3. The Kier molecular flexibility index (Phi) is 9.11. The quantitative estimate of drug-likeness (QED) is 0.255. The monoisotopic (exact) mass is 216 g/mol. The van der Waals surface area contributed by atoms with Gasteiger partial charge in [0.15, 0.2) is 6.79 Å². The van der Waals surface area contributed by atoms with Gasteiger partial charge in [0.2, 0.25) is 0 Å². The third kappa shape index (κ3) is 9.43. The Hall–Kier alpha value is -0.870. The highest BCUT2D eigenvalue weighted by molar-refractivity contribution is 5.86. The molecule has 0 bridgehead atoms. The number of carbonyl (C=O) groups excluding carboxylic acids is 1. The molecule has 0 N–H and O–H groups in total. The molecule has 0 aromatic heterocycles. The predicted molar refractivity (Wildman–Crippen MR) is 57.5 cm³/mol. The first-order valence-corrected chi connectivity index (χ1v) is 5.16. The van der Waals surface area contributed by atoms with Crippen molar-refractivity contribution in [2.24, 2.45) is 0 Å². The van der Waals surface area contributed by atoms with Crippen LogP contribution in [0.1, 0.15) is 26.7 Å². The fourth-order valence-electron chi connectivity index (χ4n) is 0.744. The first-order chi connectivity index (χ1) is 7.18. The highest BCUT2D eigenvalue weighted by atomic mass is 16.7. The number of rotatable bonds is 9. The molecule has 0 aromatic carbocycles. The largest absolute Gasteiger partial charge is 0.435 e. The van der Waals surface area contributed by atoms with Crippen LogP contribution in [0.4, 0.5) is 0 Å². The van der Waals surface area contributed by atoms with Crippen molar-refractivity contribution in [1.29, 1.82) is 0 Å². The summed E-state index contributed by atoms with van der Waals surface area (Å²) in [7, 11) is 0. The van der Waals surface area contributed by atoms with E-state index < -0.39 is 5.97 Å². The van der Waals surface area contributed by atoms with Crippen LogP contribution in [0.2, 0.25) is 0 Å². The van der Waals surface area contributed by atoms with Gasteiger partial charge >= 0.3 is 5.97 Å². The molecule has 0 saturated carbocycles. The first kappa shape index (κ1) is 14.1. The summed E-state index contributed by atoms with van der Waals surface area (Å²) in [6.45, 7) is 8.84. The van der Waals surface area contributed by atoms with Gasteiger partial charge in [-0.05, 0) is 13.3 Å². The fraction of sp³-hybridized carbons (Fsp3) is 0.727. The van der Waals surface area contributed by atoms with Gasteiger partial charge in [-0.1, -0.05) is 19.9 Å². The number of hydrogen-bond donors (Lipinski definition) is 0. The molecule has 0 spiro atoms. The molecule has 0 amide bonds. The number of carbonyl (C=O) groups is 1. The lowest BCUT2D eigenvalue weighted by molar-refractivity contribution is -0.152. The molecule has 0 aliphatic carbocycles. The van der Waals surface area contributed by atoms with Crippen molar-refractivity contribution >= 4 is 5.97 Å². The third-order valence-corrected chi connectivity index (χ3v) is 1.64. The maximum Gasteiger partial charge on any atom is 0.335 e. The molecular weight excluding hydrogens is 196 g/mol. The minimum Gasteiger partial charge on any atom is -0.435 e. The molecular formula is C11H20O4. The smallest absolute Gasteiger partial charge is 0.335 e. The maximum atomic E-state index is 10.9. The van der Waals surface area contributed by atoms with Crippen LogP contribution in [0.5, 0.6) is 0 Å². The van der Waals surface area contributed by atoms with Crippen molar-refractivity contribution in [3.63, 3.8) is 0 Å². The molecule has 88 valence electrons. The molecule has 0 fully saturated rings. The molecule has 15 heavy (non-hydrogen) atoms. The second-order valence-corrected chi connectivity index (χ2v) is 3.20. The van der Waals surface area contributed by atoms with E-state index in [4.69, 9.17) is 14.2 Å². The van der Waals surface area contributed by atoms with Crippen molar-refractivity contribution in [2.45, 2.75) is 26.7 Å². The summed E-state index contributed by atoms with van der Waals surface area (Å²) in [6.07, 6.45) is 2.18. The van der Waals surface area contributed by atoms with Gasteiger partial charge in [0.1, 0.15) is 0 Å². The van der Waals surface area contributed by atoms with Gasteiger partial charge in [-0.2, -0.15) is 0 Å². The van der Waals surface area contributed by atoms with Crippen molar-refractivity contribution in [3.8, 4) is 0 Å². The van der Waals surface area contributed by atoms with E-state index in [1.54, 1.807) is 6.92 Å². The van der Waals surface area contributed by atoms with Crippen LogP contribution in [0.3, 0.4) is 0 Å². The Labute approximate surface area is 91.2 Å². The average molecular weight is 216 g/mol. The summed E-state index contributed by atoms with van der Waals surface area (Å²) >= 11 is 0. The van der Waals surface area contributed by atoms with Gasteiger partial charge in [0, 0.05) is 12.2 Å². The van der Waals surface area contributed by atoms with E-state index in [0.717, 1.165) is 19.4 Å². The number of unbranched alkanes of at least 4 members (excludes halogenated alkanes) is 1. The minimum atomic E-state index is -0.429. The Morgan fingerprint density at radius 1 is 1.20 bits per heavy atom. The maximum absolute atomic E-state index is 10.9. The summed E-state index contributed by atoms with van der Waals surface area (Å²) < 4.78 is 15.0. The molecule has 0 unspecified atom stereocenters. The lowest BCUT2D eigenvalue weighted by Crippen LogP contribution is -2.12. The molecule has 4 heteroatoms.